The second kappa shape index (κ2) is 11.2. The zero-order valence-corrected chi connectivity index (χ0v) is 21.0. The minimum absolute atomic E-state index is 0.0793. The van der Waals surface area contributed by atoms with Crippen LogP contribution >= 0.6 is 0 Å². The second-order valence-corrected chi connectivity index (χ2v) is 9.79. The molecule has 192 valence electrons. The zero-order valence-electron chi connectivity index (χ0n) is 21.0. The molecular weight excluding hydrogens is 461 g/mol. The van der Waals surface area contributed by atoms with E-state index >= 15 is 0 Å². The standard InChI is InChI=1S/C29H34FNO5/c1-18-26(35-2)14-23(15-27(18)36-3)29(34)24(17-31-9-8-19(16-31)4-7-28(32)33)12-20-10-21-5-6-25(30)13-22(21)11-20/h5-6,8-9,13-16,20,24,29,34H,4,7,10-12,17H2,1-3H3,(H,32,33)/t20?,24-,29+/m0/s1. The Morgan fingerprint density at radius 3 is 2.47 bits per heavy atom. The van der Waals surface area contributed by atoms with Crippen molar-refractivity contribution in [1.29, 1.82) is 0 Å². The summed E-state index contributed by atoms with van der Waals surface area (Å²) in [6.07, 6.45) is 6.05. The fourth-order valence-corrected chi connectivity index (χ4v) is 5.40. The number of fused-ring (bicyclic) bond motifs is 1. The number of halogens is 1. The third kappa shape index (κ3) is 5.90. The van der Waals surface area contributed by atoms with Gasteiger partial charge >= 0.3 is 5.97 Å². The highest BCUT2D eigenvalue weighted by Gasteiger charge is 2.30. The van der Waals surface area contributed by atoms with Crippen LogP contribution in [0.3, 0.4) is 0 Å². The van der Waals surface area contributed by atoms with Crippen molar-refractivity contribution in [1.82, 2.24) is 4.57 Å². The van der Waals surface area contributed by atoms with Crippen LogP contribution in [0.5, 0.6) is 11.5 Å². The maximum atomic E-state index is 13.8. The van der Waals surface area contributed by atoms with Gasteiger partial charge in [-0.25, -0.2) is 4.39 Å². The average molecular weight is 496 g/mol. The van der Waals surface area contributed by atoms with E-state index in [1.54, 1.807) is 20.3 Å². The molecule has 3 atom stereocenters. The highest BCUT2D eigenvalue weighted by atomic mass is 19.1. The molecule has 1 heterocycles. The van der Waals surface area contributed by atoms with Gasteiger partial charge in [-0.1, -0.05) is 6.07 Å². The molecule has 3 aromatic rings. The molecule has 1 aliphatic carbocycles. The van der Waals surface area contributed by atoms with Crippen LogP contribution in [0.4, 0.5) is 4.39 Å². The first-order valence-corrected chi connectivity index (χ1v) is 12.3. The molecule has 0 bridgehead atoms. The molecule has 0 spiro atoms. The van der Waals surface area contributed by atoms with Crippen molar-refractivity contribution in [3.63, 3.8) is 0 Å². The minimum atomic E-state index is -0.824. The molecule has 36 heavy (non-hydrogen) atoms. The van der Waals surface area contributed by atoms with E-state index < -0.39 is 12.1 Å². The summed E-state index contributed by atoms with van der Waals surface area (Å²) in [6.45, 7) is 2.48. The molecule has 0 radical (unpaired) electrons. The minimum Gasteiger partial charge on any atom is -0.496 e. The number of aliphatic carboxylic acids is 1. The Hall–Kier alpha value is -3.32. The third-order valence-electron chi connectivity index (χ3n) is 7.27. The number of carbonyl (C=O) groups is 1. The van der Waals surface area contributed by atoms with Crippen LogP contribution in [-0.2, 0) is 30.6 Å². The Labute approximate surface area is 211 Å². The van der Waals surface area contributed by atoms with E-state index in [0.717, 1.165) is 41.5 Å². The molecule has 0 fully saturated rings. The molecular formula is C29H34FNO5. The Bertz CT molecular complexity index is 1200. The van der Waals surface area contributed by atoms with E-state index in [9.17, 15) is 14.3 Å². The molecule has 4 rings (SSSR count). The molecule has 0 aliphatic heterocycles. The lowest BCUT2D eigenvalue weighted by molar-refractivity contribution is -0.136. The number of rotatable bonds is 11. The maximum Gasteiger partial charge on any atom is 0.303 e. The fourth-order valence-electron chi connectivity index (χ4n) is 5.40. The van der Waals surface area contributed by atoms with Crippen molar-refractivity contribution in [3.8, 4) is 11.5 Å². The Morgan fingerprint density at radius 2 is 1.81 bits per heavy atom. The smallest absolute Gasteiger partial charge is 0.303 e. The molecule has 6 nitrogen and oxygen atoms in total. The van der Waals surface area contributed by atoms with Gasteiger partial charge in [0.25, 0.3) is 0 Å². The van der Waals surface area contributed by atoms with Crippen LogP contribution in [0.1, 0.15) is 46.8 Å². The van der Waals surface area contributed by atoms with Crippen LogP contribution < -0.4 is 9.47 Å². The second-order valence-electron chi connectivity index (χ2n) is 9.79. The van der Waals surface area contributed by atoms with Crippen LogP contribution in [0, 0.1) is 24.6 Å². The van der Waals surface area contributed by atoms with Crippen LogP contribution in [0.2, 0.25) is 0 Å². The first kappa shape index (κ1) is 25.8. The van der Waals surface area contributed by atoms with Crippen LogP contribution in [-0.4, -0.2) is 35.0 Å². The molecule has 7 heteroatoms. The number of hydrogen-bond donors (Lipinski definition) is 2. The number of carboxylic acid groups (broad SMARTS) is 1. The third-order valence-corrected chi connectivity index (χ3v) is 7.27. The number of methoxy groups -OCH3 is 2. The van der Waals surface area contributed by atoms with Crippen molar-refractivity contribution >= 4 is 5.97 Å². The van der Waals surface area contributed by atoms with Crippen molar-refractivity contribution in [3.05, 3.63) is 82.4 Å². The molecule has 1 aromatic heterocycles. The Kier molecular flexibility index (Phi) is 7.99. The summed E-state index contributed by atoms with van der Waals surface area (Å²) in [4.78, 5) is 11.0. The molecule has 2 N–H and O–H groups in total. The summed E-state index contributed by atoms with van der Waals surface area (Å²) in [5, 5.41) is 20.6. The van der Waals surface area contributed by atoms with Crippen LogP contribution in [0.15, 0.2) is 48.8 Å². The number of aryl methyl sites for hydroxylation is 1. The number of nitrogens with zero attached hydrogens (tertiary/aromatic N) is 1. The summed E-state index contributed by atoms with van der Waals surface area (Å²) in [5.41, 5.74) is 4.76. The largest absolute Gasteiger partial charge is 0.496 e. The van der Waals surface area contributed by atoms with Gasteiger partial charge in [0.1, 0.15) is 17.3 Å². The van der Waals surface area contributed by atoms with Crippen molar-refractivity contribution in [2.24, 2.45) is 11.8 Å². The van der Waals surface area contributed by atoms with Gasteiger partial charge < -0.3 is 24.3 Å². The summed E-state index contributed by atoms with van der Waals surface area (Å²) in [6, 6.07) is 10.7. The van der Waals surface area contributed by atoms with Crippen molar-refractivity contribution < 1.29 is 28.9 Å². The predicted molar refractivity (Wildman–Crippen MR) is 135 cm³/mol. The fraction of sp³-hybridized carbons (Fsp3) is 0.414. The first-order chi connectivity index (χ1) is 17.3. The molecule has 0 saturated carbocycles. The predicted octanol–water partition coefficient (Wildman–Crippen LogP) is 5.12. The molecule has 1 unspecified atom stereocenters. The monoisotopic (exact) mass is 495 g/mol. The van der Waals surface area contributed by atoms with Gasteiger partial charge in [0, 0.05) is 36.8 Å². The summed E-state index contributed by atoms with van der Waals surface area (Å²) in [5.74, 6) is 0.427. The van der Waals surface area contributed by atoms with E-state index in [4.69, 9.17) is 14.6 Å². The summed E-state index contributed by atoms with van der Waals surface area (Å²) in [7, 11) is 3.20. The first-order valence-electron chi connectivity index (χ1n) is 12.3. The summed E-state index contributed by atoms with van der Waals surface area (Å²) >= 11 is 0. The molecule has 0 saturated heterocycles. The maximum absolute atomic E-state index is 13.8. The van der Waals surface area contributed by atoms with E-state index in [-0.39, 0.29) is 24.1 Å². The number of hydrogen-bond acceptors (Lipinski definition) is 4. The zero-order chi connectivity index (χ0) is 25.8. The molecule has 0 amide bonds. The van der Waals surface area contributed by atoms with Gasteiger partial charge in [0.15, 0.2) is 0 Å². The SMILES string of the molecule is COc1cc([C@@H](O)[C@@H](CC2Cc3ccc(F)cc3C2)Cn2ccc(CCC(=O)O)c2)cc(OC)c1C. The van der Waals surface area contributed by atoms with Gasteiger partial charge in [-0.05, 0) is 91.1 Å². The highest BCUT2D eigenvalue weighted by Crippen LogP contribution is 2.39. The number of aliphatic hydroxyl groups excluding tert-OH is 1. The van der Waals surface area contributed by atoms with Crippen molar-refractivity contribution in [2.75, 3.05) is 14.2 Å². The number of benzene rings is 2. The van der Waals surface area contributed by atoms with Gasteiger partial charge in [-0.15, -0.1) is 0 Å². The van der Waals surface area contributed by atoms with Gasteiger partial charge in [-0.2, -0.15) is 0 Å². The van der Waals surface area contributed by atoms with Gasteiger partial charge in [0.2, 0.25) is 0 Å². The number of aromatic nitrogens is 1. The summed E-state index contributed by atoms with van der Waals surface area (Å²) < 4.78 is 26.9. The van der Waals surface area contributed by atoms with E-state index in [1.807, 2.05) is 48.1 Å². The lowest BCUT2D eigenvalue weighted by Crippen LogP contribution is -2.22. The number of ether oxygens (including phenoxy) is 2. The lowest BCUT2D eigenvalue weighted by Gasteiger charge is -2.27. The van der Waals surface area contributed by atoms with Crippen LogP contribution in [0.25, 0.3) is 0 Å². The highest BCUT2D eigenvalue weighted by molar-refractivity contribution is 5.67. The molecule has 1 aliphatic rings. The molecule has 2 aromatic carbocycles. The lowest BCUT2D eigenvalue weighted by atomic mass is 9.85. The Balaban J connectivity index is 1.59. The number of carboxylic acids is 1. The van der Waals surface area contributed by atoms with Gasteiger partial charge in [-0.3, -0.25) is 4.79 Å². The average Bonchev–Trinajstić information content (AvgIpc) is 3.47. The van der Waals surface area contributed by atoms with E-state index in [0.29, 0.717) is 24.5 Å². The van der Waals surface area contributed by atoms with Gasteiger partial charge in [0.05, 0.1) is 20.3 Å². The van der Waals surface area contributed by atoms with Crippen molar-refractivity contribution in [2.45, 2.75) is 51.7 Å². The quantitative estimate of drug-likeness (QED) is 0.386. The normalized spacial score (nSPS) is 16.4. The Morgan fingerprint density at radius 1 is 1.11 bits per heavy atom. The topological polar surface area (TPSA) is 80.9 Å². The number of aliphatic hydroxyl groups is 1. The van der Waals surface area contributed by atoms with E-state index in [1.165, 1.54) is 11.6 Å². The van der Waals surface area contributed by atoms with E-state index in [2.05, 4.69) is 0 Å².